The molecule has 2 nitrogen and oxygen atoms in total. The van der Waals surface area contributed by atoms with Crippen LogP contribution in [0.2, 0.25) is 5.02 Å². The van der Waals surface area contributed by atoms with E-state index >= 15 is 0 Å². The molecule has 0 amide bonds. The molecule has 0 unspecified atom stereocenters. The van der Waals surface area contributed by atoms with Crippen LogP contribution >= 0.6 is 23.4 Å². The number of hydrogen-bond donors (Lipinski definition) is 1. The fourth-order valence-corrected chi connectivity index (χ4v) is 3.34. The zero-order valence-electron chi connectivity index (χ0n) is 12.4. The van der Waals surface area contributed by atoms with Gasteiger partial charge < -0.3 is 10.1 Å². The predicted octanol–water partition coefficient (Wildman–Crippen LogP) is 4.54. The van der Waals surface area contributed by atoms with Crippen molar-refractivity contribution in [3.8, 4) is 0 Å². The fourth-order valence-electron chi connectivity index (χ4n) is 1.98. The molecule has 0 atom stereocenters. The number of halogens is 1. The first-order chi connectivity index (χ1) is 10.2. The van der Waals surface area contributed by atoms with E-state index in [-0.39, 0.29) is 0 Å². The van der Waals surface area contributed by atoms with Crippen molar-refractivity contribution in [1.82, 2.24) is 5.32 Å². The highest BCUT2D eigenvalue weighted by molar-refractivity contribution is 7.99. The van der Waals surface area contributed by atoms with E-state index in [4.69, 9.17) is 16.3 Å². The normalized spacial score (nSPS) is 10.8. The summed E-state index contributed by atoms with van der Waals surface area (Å²) in [4.78, 5) is 2.46. The van der Waals surface area contributed by atoms with Crippen LogP contribution in [0.15, 0.2) is 52.3 Å². The number of hydrogen-bond acceptors (Lipinski definition) is 3. The van der Waals surface area contributed by atoms with Gasteiger partial charge >= 0.3 is 0 Å². The Morgan fingerprint density at radius 2 is 1.86 bits per heavy atom. The Labute approximate surface area is 135 Å². The van der Waals surface area contributed by atoms with Crippen molar-refractivity contribution in [2.75, 3.05) is 20.3 Å². The van der Waals surface area contributed by atoms with Gasteiger partial charge in [-0.3, -0.25) is 0 Å². The number of methoxy groups -OCH3 is 1. The molecule has 0 saturated heterocycles. The molecule has 0 fully saturated rings. The summed E-state index contributed by atoms with van der Waals surface area (Å²) >= 11 is 8.13. The zero-order chi connectivity index (χ0) is 15.1. The molecular formula is C17H20ClNOS. The Bertz CT molecular complexity index is 589. The Balaban J connectivity index is 2.15. The van der Waals surface area contributed by atoms with E-state index in [0.29, 0.717) is 6.61 Å². The molecule has 0 aliphatic heterocycles. The Morgan fingerprint density at radius 3 is 2.62 bits per heavy atom. The van der Waals surface area contributed by atoms with E-state index in [1.807, 2.05) is 12.1 Å². The molecule has 0 heterocycles. The summed E-state index contributed by atoms with van der Waals surface area (Å²) in [7, 11) is 1.70. The van der Waals surface area contributed by atoms with Crippen LogP contribution in [0.4, 0.5) is 0 Å². The van der Waals surface area contributed by atoms with Crippen LogP contribution in [-0.4, -0.2) is 20.3 Å². The maximum atomic E-state index is 6.36. The van der Waals surface area contributed by atoms with Gasteiger partial charge in [-0.15, -0.1) is 0 Å². The molecule has 0 aliphatic carbocycles. The second-order valence-corrected chi connectivity index (χ2v) is 6.24. The van der Waals surface area contributed by atoms with Crippen LogP contribution in [0.1, 0.15) is 11.1 Å². The minimum absolute atomic E-state index is 0.699. The van der Waals surface area contributed by atoms with Gasteiger partial charge in [-0.2, -0.15) is 0 Å². The zero-order valence-corrected chi connectivity index (χ0v) is 13.9. The average molecular weight is 322 g/mol. The SMILES string of the molecule is COCCNCc1c(Cl)cccc1Sc1ccccc1C. The van der Waals surface area contributed by atoms with E-state index in [9.17, 15) is 0 Å². The molecule has 0 radical (unpaired) electrons. The Hall–Kier alpha value is -1.00. The summed E-state index contributed by atoms with van der Waals surface area (Å²) < 4.78 is 5.05. The smallest absolute Gasteiger partial charge is 0.0587 e. The van der Waals surface area contributed by atoms with E-state index in [1.54, 1.807) is 18.9 Å². The molecule has 4 heteroatoms. The van der Waals surface area contributed by atoms with Crippen LogP contribution in [0.5, 0.6) is 0 Å². The maximum absolute atomic E-state index is 6.36. The highest BCUT2D eigenvalue weighted by Crippen LogP contribution is 2.35. The van der Waals surface area contributed by atoms with Gasteiger partial charge in [0.1, 0.15) is 0 Å². The molecule has 2 aromatic carbocycles. The van der Waals surface area contributed by atoms with Crippen molar-refractivity contribution in [2.45, 2.75) is 23.3 Å². The van der Waals surface area contributed by atoms with E-state index in [2.05, 4.69) is 42.6 Å². The molecule has 0 bridgehead atoms. The molecular weight excluding hydrogens is 302 g/mol. The minimum Gasteiger partial charge on any atom is -0.383 e. The number of nitrogens with one attached hydrogen (secondary N) is 1. The molecule has 0 spiro atoms. The fraction of sp³-hybridized carbons (Fsp3) is 0.294. The first-order valence-electron chi connectivity index (χ1n) is 6.93. The lowest BCUT2D eigenvalue weighted by molar-refractivity contribution is 0.199. The molecule has 2 rings (SSSR count). The van der Waals surface area contributed by atoms with Crippen molar-refractivity contribution in [3.05, 3.63) is 58.6 Å². The monoisotopic (exact) mass is 321 g/mol. The standard InChI is InChI=1S/C17H20ClNOS/c1-13-6-3-4-8-16(13)21-17-9-5-7-15(18)14(17)12-19-10-11-20-2/h3-9,19H,10-12H2,1-2H3. The van der Waals surface area contributed by atoms with Gasteiger partial charge in [-0.25, -0.2) is 0 Å². The van der Waals surface area contributed by atoms with E-state index in [0.717, 1.165) is 23.7 Å². The van der Waals surface area contributed by atoms with Crippen LogP contribution < -0.4 is 5.32 Å². The van der Waals surface area contributed by atoms with E-state index < -0.39 is 0 Å². The summed E-state index contributed by atoms with van der Waals surface area (Å²) in [5.74, 6) is 0. The van der Waals surface area contributed by atoms with Crippen LogP contribution in [0.25, 0.3) is 0 Å². The molecule has 0 aromatic heterocycles. The van der Waals surface area contributed by atoms with E-state index in [1.165, 1.54) is 15.4 Å². The predicted molar refractivity (Wildman–Crippen MR) is 90.3 cm³/mol. The highest BCUT2D eigenvalue weighted by Gasteiger charge is 2.09. The molecule has 21 heavy (non-hydrogen) atoms. The quantitative estimate of drug-likeness (QED) is 0.757. The van der Waals surface area contributed by atoms with Gasteiger partial charge in [0.25, 0.3) is 0 Å². The van der Waals surface area contributed by atoms with Crippen LogP contribution in [0, 0.1) is 6.92 Å². The summed E-state index contributed by atoms with van der Waals surface area (Å²) in [6.45, 7) is 4.39. The molecule has 0 aliphatic rings. The Kier molecular flexibility index (Phi) is 6.58. The molecule has 2 aromatic rings. The summed E-state index contributed by atoms with van der Waals surface area (Å²) in [5, 5.41) is 4.17. The number of aryl methyl sites for hydroxylation is 1. The number of benzene rings is 2. The van der Waals surface area contributed by atoms with Crippen molar-refractivity contribution in [3.63, 3.8) is 0 Å². The lowest BCUT2D eigenvalue weighted by Crippen LogP contribution is -2.19. The third kappa shape index (κ3) is 4.75. The molecule has 1 N–H and O–H groups in total. The third-order valence-corrected chi connectivity index (χ3v) is 4.81. The van der Waals surface area contributed by atoms with Crippen LogP contribution in [-0.2, 0) is 11.3 Å². The van der Waals surface area contributed by atoms with Crippen LogP contribution in [0.3, 0.4) is 0 Å². The van der Waals surface area contributed by atoms with Gasteiger partial charge in [0.2, 0.25) is 0 Å². The van der Waals surface area contributed by atoms with Gasteiger partial charge in [-0.05, 0) is 36.2 Å². The van der Waals surface area contributed by atoms with Gasteiger partial charge in [0.15, 0.2) is 0 Å². The first kappa shape index (κ1) is 16.4. The topological polar surface area (TPSA) is 21.3 Å². The summed E-state index contributed by atoms with van der Waals surface area (Å²) in [6.07, 6.45) is 0. The lowest BCUT2D eigenvalue weighted by Gasteiger charge is -2.13. The molecule has 112 valence electrons. The second-order valence-electron chi connectivity index (χ2n) is 4.75. The minimum atomic E-state index is 0.699. The highest BCUT2D eigenvalue weighted by atomic mass is 35.5. The van der Waals surface area contributed by atoms with Crippen molar-refractivity contribution in [2.24, 2.45) is 0 Å². The number of ether oxygens (including phenoxy) is 1. The average Bonchev–Trinajstić information content (AvgIpc) is 2.48. The largest absolute Gasteiger partial charge is 0.383 e. The molecule has 0 saturated carbocycles. The Morgan fingerprint density at radius 1 is 1.10 bits per heavy atom. The van der Waals surface area contributed by atoms with Crippen molar-refractivity contribution in [1.29, 1.82) is 0 Å². The summed E-state index contributed by atoms with van der Waals surface area (Å²) in [6, 6.07) is 14.5. The maximum Gasteiger partial charge on any atom is 0.0587 e. The first-order valence-corrected chi connectivity index (χ1v) is 8.12. The second kappa shape index (κ2) is 8.44. The van der Waals surface area contributed by atoms with Gasteiger partial charge in [0, 0.05) is 35.0 Å². The van der Waals surface area contributed by atoms with Crippen molar-refractivity contribution < 1.29 is 4.74 Å². The lowest BCUT2D eigenvalue weighted by atomic mass is 10.2. The van der Waals surface area contributed by atoms with Gasteiger partial charge in [0.05, 0.1) is 6.61 Å². The summed E-state index contributed by atoms with van der Waals surface area (Å²) in [5.41, 5.74) is 2.42. The third-order valence-electron chi connectivity index (χ3n) is 3.17. The number of rotatable bonds is 7. The van der Waals surface area contributed by atoms with Gasteiger partial charge in [-0.1, -0.05) is 47.6 Å². The van der Waals surface area contributed by atoms with Crippen molar-refractivity contribution >= 4 is 23.4 Å².